The fourth-order valence-electron chi connectivity index (χ4n) is 2.66. The van der Waals surface area contributed by atoms with Crippen LogP contribution in [0.5, 0.6) is 0 Å². The van der Waals surface area contributed by atoms with Crippen LogP contribution in [0.1, 0.15) is 25.3 Å². The van der Waals surface area contributed by atoms with E-state index in [-0.39, 0.29) is 18.4 Å². The molecule has 2 rings (SSSR count). The number of aromatic nitrogens is 1. The third-order valence-electron chi connectivity index (χ3n) is 3.56. The number of para-hydroxylation sites is 1. The Labute approximate surface area is 123 Å². The Morgan fingerprint density at radius 3 is 2.71 bits per heavy atom. The molecule has 112 valence electrons. The summed E-state index contributed by atoms with van der Waals surface area (Å²) in [6.07, 6.45) is 3.16. The molecule has 1 amide bonds. The average Bonchev–Trinajstić information content (AvgIpc) is 2.73. The van der Waals surface area contributed by atoms with Crippen molar-refractivity contribution in [2.75, 3.05) is 0 Å². The van der Waals surface area contributed by atoms with E-state index in [9.17, 15) is 9.59 Å². The van der Waals surface area contributed by atoms with Crippen LogP contribution in [-0.2, 0) is 23.1 Å². The van der Waals surface area contributed by atoms with Gasteiger partial charge in [0.15, 0.2) is 0 Å². The van der Waals surface area contributed by atoms with Crippen molar-refractivity contribution < 1.29 is 14.7 Å². The highest BCUT2D eigenvalue weighted by atomic mass is 16.4. The highest BCUT2D eigenvalue weighted by Gasteiger charge is 2.15. The van der Waals surface area contributed by atoms with Crippen LogP contribution in [0.4, 0.5) is 0 Å². The number of nitrogens with one attached hydrogen (secondary N) is 1. The van der Waals surface area contributed by atoms with Gasteiger partial charge in [0, 0.05) is 43.5 Å². The van der Waals surface area contributed by atoms with Crippen molar-refractivity contribution >= 4 is 22.8 Å². The van der Waals surface area contributed by atoms with Crippen LogP contribution >= 0.6 is 0 Å². The predicted molar refractivity (Wildman–Crippen MR) is 81.1 cm³/mol. The third-order valence-corrected chi connectivity index (χ3v) is 3.56. The Kier molecular flexibility index (Phi) is 4.62. The molecule has 2 N–H and O–H groups in total. The maximum Gasteiger partial charge on any atom is 0.303 e. The van der Waals surface area contributed by atoms with Gasteiger partial charge in [-0.3, -0.25) is 9.59 Å². The van der Waals surface area contributed by atoms with E-state index in [0.29, 0.717) is 12.8 Å². The van der Waals surface area contributed by atoms with Crippen LogP contribution in [0.25, 0.3) is 10.9 Å². The Morgan fingerprint density at radius 2 is 2.05 bits per heavy atom. The van der Waals surface area contributed by atoms with E-state index in [1.165, 1.54) is 6.92 Å². The van der Waals surface area contributed by atoms with E-state index in [1.54, 1.807) is 0 Å². The van der Waals surface area contributed by atoms with Gasteiger partial charge in [-0.05, 0) is 24.5 Å². The fourth-order valence-corrected chi connectivity index (χ4v) is 2.66. The molecule has 0 aliphatic rings. The maximum absolute atomic E-state index is 11.3. The van der Waals surface area contributed by atoms with E-state index in [0.717, 1.165) is 16.5 Å². The second-order valence-corrected chi connectivity index (χ2v) is 5.32. The molecule has 5 heteroatoms. The topological polar surface area (TPSA) is 71.3 Å². The number of carbonyl (C=O) groups is 2. The van der Waals surface area contributed by atoms with Crippen molar-refractivity contribution in [2.24, 2.45) is 7.05 Å². The predicted octanol–water partition coefficient (Wildman–Crippen LogP) is 2.09. The summed E-state index contributed by atoms with van der Waals surface area (Å²) in [5.74, 6) is -0.978. The first-order chi connectivity index (χ1) is 9.97. The molecular formula is C16H20N2O3. The number of carboxylic acid groups (broad SMARTS) is 1. The van der Waals surface area contributed by atoms with Crippen molar-refractivity contribution in [2.45, 2.75) is 32.2 Å². The minimum absolute atomic E-state index is 0.0513. The molecule has 0 spiro atoms. The standard InChI is InChI=1S/C16H20N2O3/c1-11(19)17-13(7-8-16(20)21)9-12-10-18(2)15-6-4-3-5-14(12)15/h3-6,10,13H,7-9H2,1-2H3,(H,17,19)(H,20,21). The molecule has 2 aromatic rings. The van der Waals surface area contributed by atoms with Crippen molar-refractivity contribution in [3.05, 3.63) is 36.0 Å². The second kappa shape index (κ2) is 6.43. The Morgan fingerprint density at radius 1 is 1.33 bits per heavy atom. The smallest absolute Gasteiger partial charge is 0.303 e. The Bertz CT molecular complexity index is 661. The number of benzene rings is 1. The van der Waals surface area contributed by atoms with E-state index in [4.69, 9.17) is 5.11 Å². The quantitative estimate of drug-likeness (QED) is 0.855. The SMILES string of the molecule is CC(=O)NC(CCC(=O)O)Cc1cn(C)c2ccccc12. The first kappa shape index (κ1) is 15.1. The molecule has 0 radical (unpaired) electrons. The third kappa shape index (κ3) is 3.84. The highest BCUT2D eigenvalue weighted by molar-refractivity contribution is 5.84. The summed E-state index contributed by atoms with van der Waals surface area (Å²) in [4.78, 5) is 22.0. The minimum Gasteiger partial charge on any atom is -0.481 e. The van der Waals surface area contributed by atoms with Crippen LogP contribution in [0.3, 0.4) is 0 Å². The summed E-state index contributed by atoms with van der Waals surface area (Å²) in [6.45, 7) is 1.46. The largest absolute Gasteiger partial charge is 0.481 e. The molecule has 1 unspecified atom stereocenters. The summed E-state index contributed by atoms with van der Waals surface area (Å²) in [5.41, 5.74) is 2.25. The lowest BCUT2D eigenvalue weighted by Crippen LogP contribution is -2.35. The van der Waals surface area contributed by atoms with Gasteiger partial charge in [-0.1, -0.05) is 18.2 Å². The highest BCUT2D eigenvalue weighted by Crippen LogP contribution is 2.22. The first-order valence-electron chi connectivity index (χ1n) is 6.99. The molecule has 0 aliphatic heterocycles. The van der Waals surface area contributed by atoms with Gasteiger partial charge in [0.2, 0.25) is 5.91 Å². The molecule has 5 nitrogen and oxygen atoms in total. The van der Waals surface area contributed by atoms with Gasteiger partial charge in [0.1, 0.15) is 0 Å². The van der Waals surface area contributed by atoms with E-state index in [1.807, 2.05) is 42.1 Å². The molecular weight excluding hydrogens is 268 g/mol. The lowest BCUT2D eigenvalue weighted by molar-refractivity contribution is -0.137. The van der Waals surface area contributed by atoms with Crippen LogP contribution in [0.15, 0.2) is 30.5 Å². The van der Waals surface area contributed by atoms with E-state index in [2.05, 4.69) is 5.32 Å². The Balaban J connectivity index is 2.21. The zero-order chi connectivity index (χ0) is 15.4. The maximum atomic E-state index is 11.3. The number of hydrogen-bond acceptors (Lipinski definition) is 2. The van der Waals surface area contributed by atoms with Gasteiger partial charge in [-0.15, -0.1) is 0 Å². The number of hydrogen-bond donors (Lipinski definition) is 2. The second-order valence-electron chi connectivity index (χ2n) is 5.32. The number of rotatable bonds is 6. The van der Waals surface area contributed by atoms with Crippen LogP contribution in [0.2, 0.25) is 0 Å². The lowest BCUT2D eigenvalue weighted by atomic mass is 10.0. The molecule has 0 bridgehead atoms. The van der Waals surface area contributed by atoms with Crippen LogP contribution in [-0.4, -0.2) is 27.6 Å². The number of amides is 1. The van der Waals surface area contributed by atoms with Crippen molar-refractivity contribution in [1.82, 2.24) is 9.88 Å². The normalized spacial score (nSPS) is 12.3. The number of nitrogens with zero attached hydrogens (tertiary/aromatic N) is 1. The number of aliphatic carboxylic acids is 1. The summed E-state index contributed by atoms with van der Waals surface area (Å²) in [7, 11) is 1.98. The molecule has 0 fully saturated rings. The molecule has 21 heavy (non-hydrogen) atoms. The van der Waals surface area contributed by atoms with Gasteiger partial charge in [0.05, 0.1) is 0 Å². The minimum atomic E-state index is -0.844. The molecule has 1 aromatic carbocycles. The number of carboxylic acids is 1. The molecule has 1 atom stereocenters. The van der Waals surface area contributed by atoms with E-state index < -0.39 is 5.97 Å². The van der Waals surface area contributed by atoms with Gasteiger partial charge >= 0.3 is 5.97 Å². The Hall–Kier alpha value is -2.30. The summed E-state index contributed by atoms with van der Waals surface area (Å²) >= 11 is 0. The number of aryl methyl sites for hydroxylation is 1. The first-order valence-corrected chi connectivity index (χ1v) is 6.99. The molecule has 0 saturated heterocycles. The monoisotopic (exact) mass is 288 g/mol. The van der Waals surface area contributed by atoms with Crippen molar-refractivity contribution in [3.8, 4) is 0 Å². The van der Waals surface area contributed by atoms with Gasteiger partial charge in [-0.25, -0.2) is 0 Å². The van der Waals surface area contributed by atoms with Crippen molar-refractivity contribution in [1.29, 1.82) is 0 Å². The summed E-state index contributed by atoms with van der Waals surface area (Å²) in [6, 6.07) is 7.90. The molecule has 1 heterocycles. The number of fused-ring (bicyclic) bond motifs is 1. The lowest BCUT2D eigenvalue weighted by Gasteiger charge is -2.16. The van der Waals surface area contributed by atoms with Gasteiger partial charge < -0.3 is 15.0 Å². The molecule has 0 saturated carbocycles. The zero-order valence-electron chi connectivity index (χ0n) is 12.3. The zero-order valence-corrected chi connectivity index (χ0v) is 12.3. The average molecular weight is 288 g/mol. The summed E-state index contributed by atoms with van der Waals surface area (Å²) < 4.78 is 2.05. The summed E-state index contributed by atoms with van der Waals surface area (Å²) in [5, 5.41) is 12.8. The molecule has 1 aromatic heterocycles. The van der Waals surface area contributed by atoms with Gasteiger partial charge in [0.25, 0.3) is 0 Å². The number of carbonyl (C=O) groups excluding carboxylic acids is 1. The van der Waals surface area contributed by atoms with Crippen molar-refractivity contribution in [3.63, 3.8) is 0 Å². The van der Waals surface area contributed by atoms with Gasteiger partial charge in [-0.2, -0.15) is 0 Å². The molecule has 0 aliphatic carbocycles. The van der Waals surface area contributed by atoms with Crippen LogP contribution < -0.4 is 5.32 Å². The van der Waals surface area contributed by atoms with Crippen LogP contribution in [0, 0.1) is 0 Å². The fraction of sp³-hybridized carbons (Fsp3) is 0.375. The van der Waals surface area contributed by atoms with E-state index >= 15 is 0 Å².